The first-order valence-electron chi connectivity index (χ1n) is 21.2. The summed E-state index contributed by atoms with van der Waals surface area (Å²) in [4.78, 5) is 40.5. The molecule has 3 heterocycles. The summed E-state index contributed by atoms with van der Waals surface area (Å²) >= 11 is 0. The van der Waals surface area contributed by atoms with E-state index in [4.69, 9.17) is 14.2 Å². The molecule has 0 aromatic carbocycles. The SMILES string of the molecule is CC[C@@H]1/C=C\C=C/C[C@H](C)C(O)[C@](C)(O)C(=O)[C@H](C)C(O)[C@H](C)C(=O)[C@H](C)[C@@H](O)[C@H](C)C=CC(=O)O[C@H]2[C@@H](C)[C@@H](CC1)O[C@@]1(CC[C@@H](C)[C@@H](C[C@H](C)O)O1)[C@@H]2C. The molecular formula is C45H74O11. The minimum absolute atomic E-state index is 0.168. The van der Waals surface area contributed by atoms with Gasteiger partial charge in [-0.1, -0.05) is 92.7 Å². The van der Waals surface area contributed by atoms with Crippen molar-refractivity contribution < 1.29 is 54.1 Å². The summed E-state index contributed by atoms with van der Waals surface area (Å²) in [7, 11) is 0. The van der Waals surface area contributed by atoms with E-state index >= 15 is 0 Å². The van der Waals surface area contributed by atoms with Gasteiger partial charge < -0.3 is 39.7 Å². The first-order valence-corrected chi connectivity index (χ1v) is 21.2. The number of allylic oxidation sites excluding steroid dienone is 4. The minimum Gasteiger partial charge on any atom is -0.458 e. The molecule has 5 N–H and O–H groups in total. The number of esters is 1. The van der Waals surface area contributed by atoms with Crippen molar-refractivity contribution in [3.63, 3.8) is 0 Å². The van der Waals surface area contributed by atoms with Gasteiger partial charge in [0.1, 0.15) is 17.5 Å². The van der Waals surface area contributed by atoms with E-state index in [1.807, 2.05) is 32.1 Å². The van der Waals surface area contributed by atoms with Crippen LogP contribution in [0.1, 0.15) is 121 Å². The number of carbonyl (C=O) groups is 3. The Kier molecular flexibility index (Phi) is 17.7. The Balaban J connectivity index is 1.99. The van der Waals surface area contributed by atoms with Crippen LogP contribution < -0.4 is 0 Å². The highest BCUT2D eigenvalue weighted by molar-refractivity contribution is 5.91. The van der Waals surface area contributed by atoms with Gasteiger partial charge in [0.25, 0.3) is 0 Å². The van der Waals surface area contributed by atoms with Gasteiger partial charge in [-0.25, -0.2) is 4.79 Å². The van der Waals surface area contributed by atoms with Gasteiger partial charge >= 0.3 is 5.97 Å². The van der Waals surface area contributed by atoms with Crippen LogP contribution in [-0.2, 0) is 28.6 Å². The molecule has 0 aromatic rings. The van der Waals surface area contributed by atoms with Gasteiger partial charge in [0, 0.05) is 48.0 Å². The van der Waals surface area contributed by atoms with Crippen molar-refractivity contribution in [3.8, 4) is 0 Å². The Bertz CT molecular complexity index is 1390. The third kappa shape index (κ3) is 11.5. The van der Waals surface area contributed by atoms with E-state index in [0.29, 0.717) is 25.7 Å². The lowest BCUT2D eigenvalue weighted by Gasteiger charge is -2.55. The number of Topliss-reactive ketones (excluding diaryl/α,β-unsaturated/α-hetero) is 2. The van der Waals surface area contributed by atoms with Gasteiger partial charge in [-0.15, -0.1) is 0 Å². The first-order chi connectivity index (χ1) is 26.1. The summed E-state index contributed by atoms with van der Waals surface area (Å²) in [6.07, 6.45) is 9.62. The summed E-state index contributed by atoms with van der Waals surface area (Å²) in [6.45, 7) is 19.1. The summed E-state index contributed by atoms with van der Waals surface area (Å²) in [6, 6.07) is 0. The fraction of sp³-hybridized carbons (Fsp3) is 0.800. The number of ketones is 2. The number of hydrogen-bond acceptors (Lipinski definition) is 11. The van der Waals surface area contributed by atoms with Crippen LogP contribution in [0.2, 0.25) is 0 Å². The lowest BCUT2D eigenvalue weighted by Crippen LogP contribution is -2.62. The molecule has 3 rings (SSSR count). The van der Waals surface area contributed by atoms with Crippen molar-refractivity contribution >= 4 is 17.5 Å². The van der Waals surface area contributed by atoms with Crippen LogP contribution in [0.4, 0.5) is 0 Å². The molecule has 18 atom stereocenters. The van der Waals surface area contributed by atoms with Gasteiger partial charge in [-0.3, -0.25) is 9.59 Å². The monoisotopic (exact) mass is 791 g/mol. The molecule has 2 fully saturated rings. The van der Waals surface area contributed by atoms with Gasteiger partial charge in [0.15, 0.2) is 11.6 Å². The van der Waals surface area contributed by atoms with Gasteiger partial charge in [0.2, 0.25) is 0 Å². The third-order valence-electron chi connectivity index (χ3n) is 13.4. The van der Waals surface area contributed by atoms with Crippen LogP contribution >= 0.6 is 0 Å². The van der Waals surface area contributed by atoms with E-state index in [-0.39, 0.29) is 35.9 Å². The molecule has 0 saturated carbocycles. The Hall–Kier alpha value is -2.25. The number of rotatable bonds is 3. The summed E-state index contributed by atoms with van der Waals surface area (Å²) in [5.74, 6) is -7.28. The molecule has 0 amide bonds. The van der Waals surface area contributed by atoms with E-state index in [1.165, 1.54) is 39.8 Å². The second kappa shape index (κ2) is 20.6. The van der Waals surface area contributed by atoms with Gasteiger partial charge in [0.05, 0.1) is 36.6 Å². The zero-order valence-corrected chi connectivity index (χ0v) is 35.8. The molecule has 56 heavy (non-hydrogen) atoms. The molecule has 3 aliphatic rings. The van der Waals surface area contributed by atoms with E-state index in [1.54, 1.807) is 20.8 Å². The second-order valence-electron chi connectivity index (χ2n) is 18.0. The van der Waals surface area contributed by atoms with Crippen molar-refractivity contribution in [3.05, 3.63) is 36.5 Å². The predicted octanol–water partition coefficient (Wildman–Crippen LogP) is 5.88. The molecule has 0 aromatic heterocycles. The maximum absolute atomic E-state index is 13.5. The highest BCUT2D eigenvalue weighted by Crippen LogP contribution is 2.49. The third-order valence-corrected chi connectivity index (χ3v) is 13.4. The van der Waals surface area contributed by atoms with Crippen molar-refractivity contribution in [2.45, 2.75) is 175 Å². The van der Waals surface area contributed by atoms with Crippen molar-refractivity contribution in [1.82, 2.24) is 0 Å². The molecule has 2 unspecified atom stereocenters. The smallest absolute Gasteiger partial charge is 0.330 e. The van der Waals surface area contributed by atoms with Crippen LogP contribution in [0.3, 0.4) is 0 Å². The fourth-order valence-electron chi connectivity index (χ4n) is 9.01. The Labute approximate surface area is 336 Å². The quantitative estimate of drug-likeness (QED) is 0.216. The molecule has 0 aliphatic carbocycles. The molecule has 11 heteroatoms. The van der Waals surface area contributed by atoms with Gasteiger partial charge in [-0.2, -0.15) is 0 Å². The molecular weight excluding hydrogens is 716 g/mol. The van der Waals surface area contributed by atoms with Crippen molar-refractivity contribution in [1.29, 1.82) is 0 Å². The number of aliphatic hydroxyl groups excluding tert-OH is 4. The Morgan fingerprint density at radius 3 is 2.11 bits per heavy atom. The molecule has 2 bridgehead atoms. The van der Waals surface area contributed by atoms with Crippen molar-refractivity contribution in [2.75, 3.05) is 0 Å². The number of ether oxygens (including phenoxy) is 3. The van der Waals surface area contributed by atoms with Crippen molar-refractivity contribution in [2.24, 2.45) is 53.3 Å². The molecule has 320 valence electrons. The maximum atomic E-state index is 13.5. The van der Waals surface area contributed by atoms with Crippen LogP contribution in [0, 0.1) is 53.3 Å². The van der Waals surface area contributed by atoms with Crippen LogP contribution in [0.25, 0.3) is 0 Å². The summed E-state index contributed by atoms with van der Waals surface area (Å²) in [5.41, 5.74) is -2.18. The second-order valence-corrected chi connectivity index (χ2v) is 18.0. The Morgan fingerprint density at radius 1 is 0.839 bits per heavy atom. The highest BCUT2D eigenvalue weighted by atomic mass is 16.7. The number of aliphatic hydroxyl groups is 5. The summed E-state index contributed by atoms with van der Waals surface area (Å²) in [5, 5.41) is 55.0. The molecule has 0 radical (unpaired) electrons. The van der Waals surface area contributed by atoms with E-state index in [0.717, 1.165) is 19.3 Å². The maximum Gasteiger partial charge on any atom is 0.330 e. The average Bonchev–Trinajstić information content (AvgIpc) is 3.16. The van der Waals surface area contributed by atoms with Crippen LogP contribution in [0.15, 0.2) is 36.5 Å². The van der Waals surface area contributed by atoms with E-state index in [9.17, 15) is 39.9 Å². The van der Waals surface area contributed by atoms with Crippen LogP contribution in [0.5, 0.6) is 0 Å². The standard InChI is InChI=1S/C45H74O11/c1-12-34-17-15-13-14-16-27(4)42(51)44(11,53)43(52)32(9)40(50)31(8)39(49)30(7)38(48)26(3)18-21-37(47)54-41-29(6)35(20-19-34)55-45(33(41)10)23-22-25(2)36(56-45)24-28(5)46/h13-15,17-18,21,25-36,38,40-42,46,48,50-51,53H,12,16,19-20,22-24H2,1-11H3/b14-13-,17-15-,21-18?/t25-,26-,27+,28+,29+,30-,31-,32-,33-,34-,35-,36-,38+,40?,41+,42?,44+,45-/m1/s1. The first kappa shape index (κ1) is 48.1. The summed E-state index contributed by atoms with van der Waals surface area (Å²) < 4.78 is 20.0. The predicted molar refractivity (Wildman–Crippen MR) is 215 cm³/mol. The van der Waals surface area contributed by atoms with Gasteiger partial charge in [-0.05, 0) is 70.1 Å². The van der Waals surface area contributed by atoms with Crippen LogP contribution in [-0.4, -0.2) is 97.2 Å². The fourth-order valence-corrected chi connectivity index (χ4v) is 9.01. The number of carbonyl (C=O) groups excluding carboxylic acids is 3. The normalized spacial score (nSPS) is 46.2. The van der Waals surface area contributed by atoms with E-state index in [2.05, 4.69) is 19.9 Å². The number of fused-ring (bicyclic) bond motifs is 2. The lowest BCUT2D eigenvalue weighted by molar-refractivity contribution is -0.371. The molecule has 1 spiro atoms. The Morgan fingerprint density at radius 2 is 1.48 bits per heavy atom. The largest absolute Gasteiger partial charge is 0.458 e. The molecule has 3 aliphatic heterocycles. The topological polar surface area (TPSA) is 180 Å². The minimum atomic E-state index is -2.18. The van der Waals surface area contributed by atoms with E-state index < -0.39 is 89.0 Å². The zero-order chi connectivity index (χ0) is 42.3. The highest BCUT2D eigenvalue weighted by Gasteiger charge is 2.56. The number of hydrogen-bond donors (Lipinski definition) is 5. The average molecular weight is 791 g/mol. The molecule has 2 saturated heterocycles. The lowest BCUT2D eigenvalue weighted by atomic mass is 9.74. The molecule has 11 nitrogen and oxygen atoms in total. The zero-order valence-electron chi connectivity index (χ0n) is 35.8.